The first kappa shape index (κ1) is 18.4. The van der Waals surface area contributed by atoms with Gasteiger partial charge in [0.1, 0.15) is 24.7 Å². The summed E-state index contributed by atoms with van der Waals surface area (Å²) in [5.74, 6) is -1.77. The number of aromatic nitrogens is 1. The molecule has 1 N–H and O–H groups in total. The molecule has 1 unspecified atom stereocenters. The van der Waals surface area contributed by atoms with Gasteiger partial charge in [0.15, 0.2) is 0 Å². The summed E-state index contributed by atoms with van der Waals surface area (Å²) in [5.41, 5.74) is 1.34. The second-order valence-corrected chi connectivity index (χ2v) is 6.39. The van der Waals surface area contributed by atoms with Crippen LogP contribution in [0.3, 0.4) is 0 Å². The summed E-state index contributed by atoms with van der Waals surface area (Å²) in [4.78, 5) is 15.9. The molecule has 2 aromatic rings. The van der Waals surface area contributed by atoms with E-state index in [-0.39, 0.29) is 17.9 Å². The van der Waals surface area contributed by atoms with Crippen molar-refractivity contribution in [2.75, 3.05) is 5.32 Å². The van der Waals surface area contributed by atoms with E-state index in [9.17, 15) is 22.4 Å². The van der Waals surface area contributed by atoms with Crippen LogP contribution in [0.1, 0.15) is 23.5 Å². The van der Waals surface area contributed by atoms with Gasteiger partial charge in [-0.1, -0.05) is 18.2 Å². The first-order valence-corrected chi connectivity index (χ1v) is 8.30. The standard InChI is InChI=1S/C19H18F4N2O/c20-14-9-15(21)19(23)17(18(14)22)12-3-5-13(6-4-12)25-16(26)8-11-2-1-7-24-10-11/h1-7,10,14-15,17-19H,8-9H2,(H,25,26)/t14-,15+,17?,18-,19+. The van der Waals surface area contributed by atoms with E-state index in [2.05, 4.69) is 10.3 Å². The molecule has 1 amide bonds. The summed E-state index contributed by atoms with van der Waals surface area (Å²) in [6, 6.07) is 9.18. The maximum absolute atomic E-state index is 14.0. The Kier molecular flexibility index (Phi) is 5.54. The van der Waals surface area contributed by atoms with Crippen molar-refractivity contribution in [3.05, 3.63) is 59.9 Å². The minimum absolute atomic E-state index is 0.129. The quantitative estimate of drug-likeness (QED) is 0.828. The summed E-state index contributed by atoms with van der Waals surface area (Å²) < 4.78 is 55.2. The highest BCUT2D eigenvalue weighted by atomic mass is 19.2. The van der Waals surface area contributed by atoms with Crippen LogP contribution in [0.25, 0.3) is 0 Å². The van der Waals surface area contributed by atoms with Gasteiger partial charge in [0.2, 0.25) is 5.91 Å². The number of carbonyl (C=O) groups excluding carboxylic acids is 1. The fraction of sp³-hybridized carbons (Fsp3) is 0.368. The lowest BCUT2D eigenvalue weighted by atomic mass is 9.79. The molecular formula is C19H18F4N2O. The molecule has 1 aliphatic rings. The Balaban J connectivity index is 1.67. The maximum atomic E-state index is 14.0. The number of halogens is 4. The van der Waals surface area contributed by atoms with E-state index in [0.717, 1.165) is 5.56 Å². The SMILES string of the molecule is O=C(Cc1cccnc1)Nc1ccc(C2[C@@H](F)[C@@H](F)C[C@@H](F)[C@H]2F)cc1. The first-order valence-electron chi connectivity index (χ1n) is 8.30. The number of nitrogens with one attached hydrogen (secondary N) is 1. The minimum atomic E-state index is -2.09. The largest absolute Gasteiger partial charge is 0.326 e. The molecule has 1 saturated carbocycles. The van der Waals surface area contributed by atoms with Crippen molar-refractivity contribution in [3.8, 4) is 0 Å². The van der Waals surface area contributed by atoms with Crippen molar-refractivity contribution < 1.29 is 22.4 Å². The predicted molar refractivity (Wildman–Crippen MR) is 90.0 cm³/mol. The van der Waals surface area contributed by atoms with Gasteiger partial charge in [-0.05, 0) is 29.3 Å². The normalized spacial score (nSPS) is 28.5. The molecule has 5 atom stereocenters. The molecule has 1 heterocycles. The van der Waals surface area contributed by atoms with Crippen molar-refractivity contribution in [3.63, 3.8) is 0 Å². The fourth-order valence-corrected chi connectivity index (χ4v) is 3.15. The van der Waals surface area contributed by atoms with Crippen molar-refractivity contribution >= 4 is 11.6 Å². The number of benzene rings is 1. The van der Waals surface area contributed by atoms with E-state index >= 15 is 0 Å². The van der Waals surface area contributed by atoms with Crippen LogP contribution in [0.15, 0.2) is 48.8 Å². The Bertz CT molecular complexity index is 727. The topological polar surface area (TPSA) is 42.0 Å². The third kappa shape index (κ3) is 4.03. The maximum Gasteiger partial charge on any atom is 0.228 e. The second-order valence-electron chi connectivity index (χ2n) is 6.39. The number of alkyl halides is 4. The van der Waals surface area contributed by atoms with Crippen molar-refractivity contribution in [1.82, 2.24) is 4.98 Å². The Hall–Kier alpha value is -2.44. The number of nitrogens with zero attached hydrogens (tertiary/aromatic N) is 1. The fourth-order valence-electron chi connectivity index (χ4n) is 3.15. The zero-order chi connectivity index (χ0) is 18.7. The van der Waals surface area contributed by atoms with E-state index in [1.165, 1.54) is 24.3 Å². The summed E-state index contributed by atoms with van der Waals surface area (Å²) in [6.45, 7) is 0. The molecule has 3 nitrogen and oxygen atoms in total. The first-order chi connectivity index (χ1) is 12.5. The van der Waals surface area contributed by atoms with E-state index in [4.69, 9.17) is 0 Å². The molecule has 138 valence electrons. The Morgan fingerprint density at radius 3 is 2.27 bits per heavy atom. The summed E-state index contributed by atoms with van der Waals surface area (Å²) in [6.07, 6.45) is -5.69. The number of rotatable bonds is 4. The average molecular weight is 366 g/mol. The van der Waals surface area contributed by atoms with Gasteiger partial charge in [-0.15, -0.1) is 0 Å². The molecule has 1 aliphatic carbocycles. The van der Waals surface area contributed by atoms with Crippen LogP contribution in [0.4, 0.5) is 23.2 Å². The molecular weight excluding hydrogens is 348 g/mol. The Morgan fingerprint density at radius 2 is 1.69 bits per heavy atom. The van der Waals surface area contributed by atoms with Crippen LogP contribution < -0.4 is 5.32 Å². The average Bonchev–Trinajstić information content (AvgIpc) is 2.62. The third-order valence-corrected chi connectivity index (χ3v) is 4.49. The van der Waals surface area contributed by atoms with Gasteiger partial charge in [-0.3, -0.25) is 9.78 Å². The highest BCUT2D eigenvalue weighted by Gasteiger charge is 2.47. The van der Waals surface area contributed by atoms with Crippen LogP contribution in [-0.4, -0.2) is 35.6 Å². The molecule has 0 aliphatic heterocycles. The minimum Gasteiger partial charge on any atom is -0.326 e. The molecule has 0 bridgehead atoms. The van der Waals surface area contributed by atoms with Crippen molar-refractivity contribution in [2.24, 2.45) is 0 Å². The molecule has 0 saturated heterocycles. The van der Waals surface area contributed by atoms with Crippen LogP contribution in [-0.2, 0) is 11.2 Å². The Labute approximate surface area is 148 Å². The molecule has 1 aromatic carbocycles. The van der Waals surface area contributed by atoms with Gasteiger partial charge in [0, 0.05) is 24.5 Å². The number of anilines is 1. The molecule has 0 radical (unpaired) electrons. The lowest BCUT2D eigenvalue weighted by molar-refractivity contribution is -0.115. The van der Waals surface area contributed by atoms with Crippen molar-refractivity contribution in [2.45, 2.75) is 43.4 Å². The van der Waals surface area contributed by atoms with Crippen LogP contribution in [0, 0.1) is 0 Å². The molecule has 1 fully saturated rings. The molecule has 26 heavy (non-hydrogen) atoms. The monoisotopic (exact) mass is 366 g/mol. The number of pyridine rings is 1. The summed E-state index contributed by atoms with van der Waals surface area (Å²) in [5, 5.41) is 2.66. The number of hydrogen-bond acceptors (Lipinski definition) is 2. The predicted octanol–water partition coefficient (Wildman–Crippen LogP) is 4.10. The second kappa shape index (κ2) is 7.85. The number of hydrogen-bond donors (Lipinski definition) is 1. The summed E-state index contributed by atoms with van der Waals surface area (Å²) in [7, 11) is 0. The molecule has 0 spiro atoms. The van der Waals surface area contributed by atoms with Gasteiger partial charge in [0.05, 0.1) is 12.3 Å². The van der Waals surface area contributed by atoms with Gasteiger partial charge in [-0.2, -0.15) is 0 Å². The lowest BCUT2D eigenvalue weighted by Gasteiger charge is -2.34. The van der Waals surface area contributed by atoms with Gasteiger partial charge >= 0.3 is 0 Å². The van der Waals surface area contributed by atoms with Crippen LogP contribution >= 0.6 is 0 Å². The van der Waals surface area contributed by atoms with Gasteiger partial charge in [0.25, 0.3) is 0 Å². The molecule has 7 heteroatoms. The molecule has 3 rings (SSSR count). The van der Waals surface area contributed by atoms with Crippen LogP contribution in [0.2, 0.25) is 0 Å². The zero-order valence-electron chi connectivity index (χ0n) is 13.8. The molecule has 1 aromatic heterocycles. The highest BCUT2D eigenvalue weighted by Crippen LogP contribution is 2.40. The Morgan fingerprint density at radius 1 is 1.04 bits per heavy atom. The van der Waals surface area contributed by atoms with E-state index in [0.29, 0.717) is 5.69 Å². The van der Waals surface area contributed by atoms with Gasteiger partial charge < -0.3 is 5.32 Å². The lowest BCUT2D eigenvalue weighted by Crippen LogP contribution is -2.43. The van der Waals surface area contributed by atoms with Gasteiger partial charge in [-0.25, -0.2) is 17.6 Å². The summed E-state index contributed by atoms with van der Waals surface area (Å²) >= 11 is 0. The number of amides is 1. The van der Waals surface area contributed by atoms with Crippen molar-refractivity contribution in [1.29, 1.82) is 0 Å². The van der Waals surface area contributed by atoms with Crippen LogP contribution in [0.5, 0.6) is 0 Å². The number of carbonyl (C=O) groups is 1. The third-order valence-electron chi connectivity index (χ3n) is 4.49. The van der Waals surface area contributed by atoms with E-state index in [1.54, 1.807) is 24.5 Å². The highest BCUT2D eigenvalue weighted by molar-refractivity contribution is 5.92. The van der Waals surface area contributed by atoms with E-state index < -0.39 is 37.0 Å². The smallest absolute Gasteiger partial charge is 0.228 e. The van der Waals surface area contributed by atoms with E-state index in [1.807, 2.05) is 0 Å². The zero-order valence-corrected chi connectivity index (χ0v) is 13.8.